The van der Waals surface area contributed by atoms with E-state index >= 15 is 0 Å². The van der Waals surface area contributed by atoms with Crippen molar-refractivity contribution in [3.8, 4) is 0 Å². The van der Waals surface area contributed by atoms with E-state index in [1.807, 2.05) is 0 Å². The monoisotopic (exact) mass is 346 g/mol. The molecule has 2 aliphatic rings. The second kappa shape index (κ2) is 8.54. The normalized spacial score (nSPS) is 23.6. The van der Waals surface area contributed by atoms with Crippen molar-refractivity contribution in [1.82, 2.24) is 0 Å². The first kappa shape index (κ1) is 20.1. The average Bonchev–Trinajstić information content (AvgIpc) is 2.91. The van der Waals surface area contributed by atoms with Crippen LogP contribution in [0.5, 0.6) is 0 Å². The van der Waals surface area contributed by atoms with Crippen LogP contribution in [0.2, 0.25) is 0 Å². The molecule has 0 heterocycles. The molecule has 3 heteroatoms. The summed E-state index contributed by atoms with van der Waals surface area (Å²) in [7, 11) is 0. The fraction of sp³-hybridized carbons (Fsp3) is 0.471. The Balaban J connectivity index is 0.00000180. The van der Waals surface area contributed by atoms with E-state index in [1.54, 1.807) is 7.76 Å². The first-order valence-electron chi connectivity index (χ1n) is 7.06. The van der Waals surface area contributed by atoms with E-state index in [9.17, 15) is 0 Å². The molecule has 0 nitrogen and oxygen atoms in total. The van der Waals surface area contributed by atoms with Crippen molar-refractivity contribution in [3.05, 3.63) is 43.2 Å². The van der Waals surface area contributed by atoms with Gasteiger partial charge in [-0.2, -0.15) is 0 Å². The first-order valence-corrected chi connectivity index (χ1v) is 9.73. The van der Waals surface area contributed by atoms with Crippen LogP contribution in [-0.4, -0.2) is 4.82 Å². The predicted octanol–water partition coefficient (Wildman–Crippen LogP) is -1.22. The number of allylic oxidation sites excluding steroid dienone is 8. The number of hydrogen-bond acceptors (Lipinski definition) is 0. The zero-order valence-corrected chi connectivity index (χ0v) is 15.9. The third-order valence-corrected chi connectivity index (χ3v) is 7.86. The molecule has 2 rings (SSSR count). The minimum absolute atomic E-state index is 0. The minimum atomic E-state index is -1.47. The van der Waals surface area contributed by atoms with E-state index < -0.39 is 17.4 Å². The molecule has 0 spiro atoms. The Bertz CT molecular complexity index is 451. The Morgan fingerprint density at radius 3 is 1.55 bits per heavy atom. The summed E-state index contributed by atoms with van der Waals surface area (Å²) in [5.74, 6) is 1.36. The molecule has 0 N–H and O–H groups in total. The van der Waals surface area contributed by atoms with Crippen LogP contribution in [0.15, 0.2) is 43.2 Å². The predicted molar refractivity (Wildman–Crippen MR) is 78.4 cm³/mol. The van der Waals surface area contributed by atoms with Gasteiger partial charge < -0.3 is 24.8 Å². The summed E-state index contributed by atoms with van der Waals surface area (Å²) < 4.78 is 3.37. The summed E-state index contributed by atoms with van der Waals surface area (Å²) >= 11 is -1.47. The molecule has 2 unspecified atom stereocenters. The molecule has 0 aromatic heterocycles. The van der Waals surface area contributed by atoms with Crippen LogP contribution < -0.4 is 24.8 Å². The maximum absolute atomic E-state index is 4.63. The fourth-order valence-electron chi connectivity index (χ4n) is 3.08. The standard InChI is InChI=1S/2C8H11.CH2.2ClH.Ti/c2*1-3-8-5-4-7(2)6-8;;;;/h2*4,6,8H,3H2,1-2H3;1H2;2*1H;/q;;;;;+2/p-2. The molecule has 0 radical (unpaired) electrons. The van der Waals surface area contributed by atoms with E-state index in [2.05, 4.69) is 56.8 Å². The van der Waals surface area contributed by atoms with Crippen LogP contribution in [0.25, 0.3) is 0 Å². The van der Waals surface area contributed by atoms with E-state index in [-0.39, 0.29) is 24.8 Å². The quantitative estimate of drug-likeness (QED) is 0.560. The van der Waals surface area contributed by atoms with Gasteiger partial charge in [0.2, 0.25) is 0 Å². The summed E-state index contributed by atoms with van der Waals surface area (Å²) in [5.41, 5.74) is 2.89. The second-order valence-electron chi connectivity index (χ2n) is 5.53. The molecule has 0 aromatic rings. The van der Waals surface area contributed by atoms with Gasteiger partial charge in [-0.1, -0.05) is 0 Å². The minimum Gasteiger partial charge on any atom is -1.00 e. The molecule has 0 fully saturated rings. The van der Waals surface area contributed by atoms with Gasteiger partial charge in [0.1, 0.15) is 0 Å². The molecule has 0 amide bonds. The van der Waals surface area contributed by atoms with Gasteiger partial charge in [0.25, 0.3) is 0 Å². The molecule has 0 bridgehead atoms. The molecule has 2 atom stereocenters. The van der Waals surface area contributed by atoms with Crippen molar-refractivity contribution >= 4 is 4.82 Å². The zero-order chi connectivity index (χ0) is 13.3. The average molecular weight is 347 g/mol. The van der Waals surface area contributed by atoms with Crippen molar-refractivity contribution in [1.29, 1.82) is 0 Å². The summed E-state index contributed by atoms with van der Waals surface area (Å²) in [4.78, 5) is 4.63. The number of hydrogen-bond donors (Lipinski definition) is 0. The van der Waals surface area contributed by atoms with Gasteiger partial charge in [-0.3, -0.25) is 0 Å². The van der Waals surface area contributed by atoms with E-state index in [1.165, 1.54) is 24.0 Å². The fourth-order valence-corrected chi connectivity index (χ4v) is 7.15. The molecule has 0 saturated carbocycles. The molecule has 0 aromatic carbocycles. The van der Waals surface area contributed by atoms with E-state index in [0.29, 0.717) is 11.8 Å². The van der Waals surface area contributed by atoms with Gasteiger partial charge in [0, 0.05) is 0 Å². The molecular formula is C17H24Cl2Ti. The van der Waals surface area contributed by atoms with Crippen molar-refractivity contribution in [2.45, 2.75) is 40.5 Å². The maximum Gasteiger partial charge on any atom is -1.00 e. The smallest absolute Gasteiger partial charge is 1.00 e. The zero-order valence-electron chi connectivity index (χ0n) is 12.8. The van der Waals surface area contributed by atoms with Gasteiger partial charge >= 0.3 is 118 Å². The third-order valence-electron chi connectivity index (χ3n) is 4.07. The van der Waals surface area contributed by atoms with Gasteiger partial charge in [-0.15, -0.1) is 0 Å². The van der Waals surface area contributed by atoms with Crippen LogP contribution in [0.3, 0.4) is 0 Å². The molecule has 110 valence electrons. The summed E-state index contributed by atoms with van der Waals surface area (Å²) in [6, 6.07) is 0. The van der Waals surface area contributed by atoms with Crippen LogP contribution in [0, 0.1) is 11.8 Å². The largest absolute Gasteiger partial charge is 1.00 e. The van der Waals surface area contributed by atoms with Gasteiger partial charge in [0.05, 0.1) is 0 Å². The third kappa shape index (κ3) is 4.07. The Kier molecular flexibility index (Phi) is 8.59. The Labute approximate surface area is 142 Å². The van der Waals surface area contributed by atoms with Gasteiger partial charge in [-0.05, 0) is 0 Å². The Morgan fingerprint density at radius 1 is 0.900 bits per heavy atom. The SMILES string of the molecule is [CH2]=[Ti+2]([C]1=CC(C)=CC1CC)[C]1=CC(C)=CC1CC.[Cl-].[Cl-]. The van der Waals surface area contributed by atoms with Crippen LogP contribution in [0.1, 0.15) is 40.5 Å². The molecule has 0 aliphatic heterocycles. The molecule has 20 heavy (non-hydrogen) atoms. The molecule has 0 saturated heterocycles. The van der Waals surface area contributed by atoms with E-state index in [0.717, 1.165) is 0 Å². The van der Waals surface area contributed by atoms with Crippen molar-refractivity contribution in [2.75, 3.05) is 0 Å². The van der Waals surface area contributed by atoms with Crippen LogP contribution in [0.4, 0.5) is 0 Å². The van der Waals surface area contributed by atoms with Crippen LogP contribution >= 0.6 is 0 Å². The van der Waals surface area contributed by atoms with Crippen molar-refractivity contribution < 1.29 is 42.2 Å². The Morgan fingerprint density at radius 2 is 1.25 bits per heavy atom. The van der Waals surface area contributed by atoms with Crippen LogP contribution in [-0.2, 0) is 17.4 Å². The summed E-state index contributed by atoms with van der Waals surface area (Å²) in [6.07, 6.45) is 12.2. The van der Waals surface area contributed by atoms with Gasteiger partial charge in [0.15, 0.2) is 0 Å². The van der Waals surface area contributed by atoms with Gasteiger partial charge in [-0.25, -0.2) is 0 Å². The summed E-state index contributed by atoms with van der Waals surface area (Å²) in [5, 5.41) is 0. The van der Waals surface area contributed by atoms with E-state index in [4.69, 9.17) is 0 Å². The topological polar surface area (TPSA) is 0 Å². The van der Waals surface area contributed by atoms with Crippen molar-refractivity contribution in [3.63, 3.8) is 0 Å². The summed E-state index contributed by atoms with van der Waals surface area (Å²) in [6.45, 7) is 9.04. The number of rotatable bonds is 4. The maximum atomic E-state index is 4.63. The van der Waals surface area contributed by atoms with Crippen molar-refractivity contribution in [2.24, 2.45) is 11.8 Å². The second-order valence-corrected chi connectivity index (χ2v) is 8.83. The molecular weight excluding hydrogens is 323 g/mol. The first-order chi connectivity index (χ1) is 8.56. The Hall–Kier alpha value is 0.124. The number of halogens is 2. The molecule has 2 aliphatic carbocycles.